The molecule has 2 fully saturated rings. The molecule has 0 atom stereocenters. The summed E-state index contributed by atoms with van der Waals surface area (Å²) in [5.41, 5.74) is 2.73. The lowest BCUT2D eigenvalue weighted by Crippen LogP contribution is -2.30. The monoisotopic (exact) mass is 382 g/mol. The zero-order valence-electron chi connectivity index (χ0n) is 16.2. The van der Waals surface area contributed by atoms with Crippen molar-refractivity contribution in [2.45, 2.75) is 64.2 Å². The van der Waals surface area contributed by atoms with E-state index >= 15 is 0 Å². The van der Waals surface area contributed by atoms with Gasteiger partial charge in [0, 0.05) is 23.5 Å². The van der Waals surface area contributed by atoms with Crippen LogP contribution in [0.2, 0.25) is 0 Å². The molecule has 8 nitrogen and oxygen atoms in total. The third-order valence-corrected chi connectivity index (χ3v) is 5.52. The van der Waals surface area contributed by atoms with Gasteiger partial charge in [0.2, 0.25) is 5.91 Å². The third kappa shape index (κ3) is 3.85. The summed E-state index contributed by atoms with van der Waals surface area (Å²) in [4.78, 5) is 26.1. The topological polar surface area (TPSA) is 85.1 Å². The van der Waals surface area contributed by atoms with E-state index < -0.39 is 0 Å². The van der Waals surface area contributed by atoms with E-state index in [1.165, 1.54) is 12.5 Å². The standard InChI is InChI=1S/C20H26N6O2/c1-3-20(28)25(11-15-9-22-26(14(15)2)17-5-4-6-17)18-10-21-24(12-18)13-19(27)23-16-7-8-16/h3,9-10,12,16-17H,1,4-8,11,13H2,2H3,(H,23,27). The molecule has 2 aliphatic carbocycles. The first-order valence-corrected chi connectivity index (χ1v) is 9.84. The molecule has 0 aromatic carbocycles. The lowest BCUT2D eigenvalue weighted by Gasteiger charge is -2.27. The van der Waals surface area contributed by atoms with Crippen LogP contribution >= 0.6 is 0 Å². The maximum Gasteiger partial charge on any atom is 0.250 e. The van der Waals surface area contributed by atoms with Crippen molar-refractivity contribution < 1.29 is 9.59 Å². The number of nitrogens with one attached hydrogen (secondary N) is 1. The van der Waals surface area contributed by atoms with Crippen LogP contribution in [0.4, 0.5) is 5.69 Å². The van der Waals surface area contributed by atoms with Crippen molar-refractivity contribution >= 4 is 17.5 Å². The normalized spacial score (nSPS) is 16.5. The number of hydrogen-bond acceptors (Lipinski definition) is 4. The molecule has 2 aromatic rings. The largest absolute Gasteiger partial charge is 0.352 e. The quantitative estimate of drug-likeness (QED) is 0.709. The summed E-state index contributed by atoms with van der Waals surface area (Å²) < 4.78 is 3.63. The fourth-order valence-electron chi connectivity index (χ4n) is 3.42. The molecule has 148 valence electrons. The van der Waals surface area contributed by atoms with Crippen LogP contribution in [0.1, 0.15) is 49.4 Å². The zero-order valence-corrected chi connectivity index (χ0v) is 16.2. The van der Waals surface area contributed by atoms with Crippen molar-refractivity contribution in [3.8, 4) is 0 Å². The first-order chi connectivity index (χ1) is 13.5. The van der Waals surface area contributed by atoms with Gasteiger partial charge in [0.1, 0.15) is 6.54 Å². The highest BCUT2D eigenvalue weighted by Crippen LogP contribution is 2.32. The summed E-state index contributed by atoms with van der Waals surface area (Å²) in [5, 5.41) is 11.7. The summed E-state index contributed by atoms with van der Waals surface area (Å²) in [5.74, 6) is -0.269. The van der Waals surface area contributed by atoms with Gasteiger partial charge in [-0.3, -0.25) is 19.0 Å². The molecule has 2 saturated carbocycles. The first-order valence-electron chi connectivity index (χ1n) is 9.84. The van der Waals surface area contributed by atoms with Crippen LogP contribution in [-0.2, 0) is 22.7 Å². The van der Waals surface area contributed by atoms with Crippen LogP contribution in [0.5, 0.6) is 0 Å². The van der Waals surface area contributed by atoms with Gasteiger partial charge in [0.15, 0.2) is 0 Å². The molecule has 2 heterocycles. The minimum absolute atomic E-state index is 0.0589. The lowest BCUT2D eigenvalue weighted by molar-refractivity contribution is -0.122. The van der Waals surface area contributed by atoms with Gasteiger partial charge in [-0.1, -0.05) is 6.58 Å². The minimum Gasteiger partial charge on any atom is -0.352 e. The number of amides is 2. The van der Waals surface area contributed by atoms with Gasteiger partial charge in [-0.25, -0.2) is 0 Å². The van der Waals surface area contributed by atoms with Crippen molar-refractivity contribution in [2.75, 3.05) is 4.90 Å². The molecule has 1 N–H and O–H groups in total. The van der Waals surface area contributed by atoms with E-state index in [2.05, 4.69) is 26.8 Å². The summed E-state index contributed by atoms with van der Waals surface area (Å²) in [6.45, 7) is 6.20. The Hall–Kier alpha value is -2.90. The maximum absolute atomic E-state index is 12.5. The number of carbonyl (C=O) groups is 2. The second-order valence-electron chi connectivity index (χ2n) is 7.65. The van der Waals surface area contributed by atoms with E-state index in [0.29, 0.717) is 24.3 Å². The van der Waals surface area contributed by atoms with Crippen LogP contribution in [0.3, 0.4) is 0 Å². The number of carbonyl (C=O) groups excluding carboxylic acids is 2. The van der Waals surface area contributed by atoms with Crippen LogP contribution < -0.4 is 10.2 Å². The molecule has 0 saturated heterocycles. The number of aromatic nitrogens is 4. The van der Waals surface area contributed by atoms with Crippen molar-refractivity contribution in [3.63, 3.8) is 0 Å². The Kier molecular flexibility index (Phi) is 5.02. The average molecular weight is 382 g/mol. The Morgan fingerprint density at radius 1 is 1.29 bits per heavy atom. The molecular formula is C20H26N6O2. The molecule has 2 amide bonds. The van der Waals surface area contributed by atoms with Crippen LogP contribution in [0.15, 0.2) is 31.2 Å². The van der Waals surface area contributed by atoms with Gasteiger partial charge >= 0.3 is 0 Å². The Bertz CT molecular complexity index is 890. The van der Waals surface area contributed by atoms with Crippen molar-refractivity contribution in [2.24, 2.45) is 0 Å². The van der Waals surface area contributed by atoms with E-state index in [-0.39, 0.29) is 18.4 Å². The molecule has 28 heavy (non-hydrogen) atoms. The first kappa shape index (κ1) is 18.5. The van der Waals surface area contributed by atoms with Gasteiger partial charge in [0.25, 0.3) is 5.91 Å². The van der Waals surface area contributed by atoms with Crippen LogP contribution in [-0.4, -0.2) is 37.4 Å². The Morgan fingerprint density at radius 3 is 2.71 bits per heavy atom. The second-order valence-corrected chi connectivity index (χ2v) is 7.65. The fraction of sp³-hybridized carbons (Fsp3) is 0.500. The number of anilines is 1. The molecule has 2 aliphatic rings. The number of nitrogens with zero attached hydrogens (tertiary/aromatic N) is 5. The molecule has 4 rings (SSSR count). The summed E-state index contributed by atoms with van der Waals surface area (Å²) in [7, 11) is 0. The Balaban J connectivity index is 1.48. The molecule has 2 aromatic heterocycles. The molecule has 0 aliphatic heterocycles. The van der Waals surface area contributed by atoms with Crippen molar-refractivity contribution in [3.05, 3.63) is 42.5 Å². The lowest BCUT2D eigenvalue weighted by atomic mass is 9.93. The van der Waals surface area contributed by atoms with Gasteiger partial charge in [-0.05, 0) is 45.1 Å². The van der Waals surface area contributed by atoms with Crippen molar-refractivity contribution in [1.29, 1.82) is 0 Å². The Morgan fingerprint density at radius 2 is 2.07 bits per heavy atom. The average Bonchev–Trinajstić information content (AvgIpc) is 3.21. The Labute approximate surface area is 164 Å². The smallest absolute Gasteiger partial charge is 0.250 e. The number of hydrogen-bond donors (Lipinski definition) is 1. The van der Waals surface area contributed by atoms with Crippen LogP contribution in [0, 0.1) is 6.92 Å². The summed E-state index contributed by atoms with van der Waals surface area (Å²) >= 11 is 0. The number of rotatable bonds is 8. The van der Waals surface area contributed by atoms with Crippen molar-refractivity contribution in [1.82, 2.24) is 24.9 Å². The molecule has 0 unspecified atom stereocenters. The SMILES string of the molecule is C=CC(=O)N(Cc1cnn(C2CCC2)c1C)c1cnn(CC(=O)NC2CC2)c1. The second kappa shape index (κ2) is 7.61. The molecule has 0 spiro atoms. The van der Waals surface area contributed by atoms with Gasteiger partial charge in [-0.2, -0.15) is 10.2 Å². The van der Waals surface area contributed by atoms with E-state index in [0.717, 1.165) is 36.9 Å². The summed E-state index contributed by atoms with van der Waals surface area (Å²) in [6, 6.07) is 0.793. The molecular weight excluding hydrogens is 356 g/mol. The molecule has 0 radical (unpaired) electrons. The highest BCUT2D eigenvalue weighted by Gasteiger charge is 2.25. The zero-order chi connectivity index (χ0) is 19.7. The van der Waals surface area contributed by atoms with E-state index in [1.54, 1.807) is 22.0 Å². The fourth-order valence-corrected chi connectivity index (χ4v) is 3.42. The van der Waals surface area contributed by atoms with Gasteiger partial charge in [0.05, 0.1) is 30.7 Å². The van der Waals surface area contributed by atoms with E-state index in [4.69, 9.17) is 0 Å². The predicted octanol–water partition coefficient (Wildman–Crippen LogP) is 2.11. The molecule has 0 bridgehead atoms. The predicted molar refractivity (Wildman–Crippen MR) is 105 cm³/mol. The highest BCUT2D eigenvalue weighted by molar-refractivity contribution is 6.00. The molecule has 8 heteroatoms. The summed E-state index contributed by atoms with van der Waals surface area (Å²) in [6.07, 6.45) is 12.1. The van der Waals surface area contributed by atoms with Crippen LogP contribution in [0.25, 0.3) is 0 Å². The van der Waals surface area contributed by atoms with E-state index in [1.807, 2.05) is 13.1 Å². The van der Waals surface area contributed by atoms with E-state index in [9.17, 15) is 9.59 Å². The van der Waals surface area contributed by atoms with Gasteiger partial charge < -0.3 is 10.2 Å². The van der Waals surface area contributed by atoms with Gasteiger partial charge in [-0.15, -0.1) is 0 Å². The third-order valence-electron chi connectivity index (χ3n) is 5.52. The highest BCUT2D eigenvalue weighted by atomic mass is 16.2. The maximum atomic E-state index is 12.5. The minimum atomic E-state index is -0.210.